The van der Waals surface area contributed by atoms with Crippen LogP contribution >= 0.6 is 15.9 Å². The normalized spacial score (nSPS) is 10.8. The minimum Gasteiger partial charge on any atom is -0.392 e. The first kappa shape index (κ1) is 17.4. The van der Waals surface area contributed by atoms with Gasteiger partial charge >= 0.3 is 0 Å². The Bertz CT molecular complexity index is 381. The number of hydrogen-bond acceptors (Lipinski definition) is 5. The molecule has 114 valence electrons. The van der Waals surface area contributed by atoms with E-state index in [9.17, 15) is 5.11 Å². The SMILES string of the molecule is CCOCCN(CCOCC)c1ncc(Br)cc1CO. The lowest BCUT2D eigenvalue weighted by Crippen LogP contribution is -2.32. The van der Waals surface area contributed by atoms with Crippen LogP contribution in [0.1, 0.15) is 19.4 Å². The zero-order valence-corrected chi connectivity index (χ0v) is 13.7. The molecular weight excluding hydrogens is 324 g/mol. The van der Waals surface area contributed by atoms with E-state index in [0.29, 0.717) is 26.4 Å². The molecule has 0 radical (unpaired) electrons. The number of aliphatic hydroxyl groups is 1. The highest BCUT2D eigenvalue weighted by Crippen LogP contribution is 2.21. The molecule has 0 saturated heterocycles. The molecule has 1 heterocycles. The lowest BCUT2D eigenvalue weighted by molar-refractivity contribution is 0.141. The third-order valence-corrected chi connectivity index (χ3v) is 3.23. The Hall–Kier alpha value is -0.690. The maximum atomic E-state index is 9.48. The van der Waals surface area contributed by atoms with Gasteiger partial charge in [-0.15, -0.1) is 0 Å². The third-order valence-electron chi connectivity index (χ3n) is 2.80. The van der Waals surface area contributed by atoms with Crippen LogP contribution in [0.5, 0.6) is 0 Å². The van der Waals surface area contributed by atoms with Crippen molar-refractivity contribution in [3.63, 3.8) is 0 Å². The van der Waals surface area contributed by atoms with Gasteiger partial charge in [-0.1, -0.05) is 0 Å². The average molecular weight is 347 g/mol. The molecule has 0 spiro atoms. The average Bonchev–Trinajstić information content (AvgIpc) is 2.46. The van der Waals surface area contributed by atoms with E-state index in [2.05, 4.69) is 25.8 Å². The molecule has 1 rings (SSSR count). The van der Waals surface area contributed by atoms with Gasteiger partial charge in [0.05, 0.1) is 19.8 Å². The van der Waals surface area contributed by atoms with Crippen LogP contribution < -0.4 is 4.90 Å². The Morgan fingerprint density at radius 1 is 1.20 bits per heavy atom. The van der Waals surface area contributed by atoms with Gasteiger partial charge in [0.15, 0.2) is 0 Å². The number of nitrogens with zero attached hydrogens (tertiary/aromatic N) is 2. The monoisotopic (exact) mass is 346 g/mol. The molecule has 6 heteroatoms. The van der Waals surface area contributed by atoms with E-state index in [1.165, 1.54) is 0 Å². The highest BCUT2D eigenvalue weighted by Gasteiger charge is 2.13. The zero-order chi connectivity index (χ0) is 14.8. The number of pyridine rings is 1. The predicted molar refractivity (Wildman–Crippen MR) is 83.1 cm³/mol. The van der Waals surface area contributed by atoms with Crippen LogP contribution in [0.4, 0.5) is 5.82 Å². The number of aliphatic hydroxyl groups excluding tert-OH is 1. The Kier molecular flexibility index (Phi) is 8.77. The van der Waals surface area contributed by atoms with Gasteiger partial charge in [-0.05, 0) is 35.8 Å². The van der Waals surface area contributed by atoms with Crippen LogP contribution in [0.2, 0.25) is 0 Å². The maximum Gasteiger partial charge on any atom is 0.134 e. The van der Waals surface area contributed by atoms with Gasteiger partial charge in [0.25, 0.3) is 0 Å². The van der Waals surface area contributed by atoms with Gasteiger partial charge in [0.2, 0.25) is 0 Å². The van der Waals surface area contributed by atoms with E-state index >= 15 is 0 Å². The summed E-state index contributed by atoms with van der Waals surface area (Å²) >= 11 is 3.37. The fourth-order valence-corrected chi connectivity index (χ4v) is 2.22. The smallest absolute Gasteiger partial charge is 0.134 e. The summed E-state index contributed by atoms with van der Waals surface area (Å²) in [7, 11) is 0. The summed E-state index contributed by atoms with van der Waals surface area (Å²) in [5.41, 5.74) is 0.798. The van der Waals surface area contributed by atoms with Gasteiger partial charge in [-0.3, -0.25) is 0 Å². The molecule has 0 saturated carbocycles. The lowest BCUT2D eigenvalue weighted by atomic mass is 10.2. The van der Waals surface area contributed by atoms with Gasteiger partial charge in [-0.2, -0.15) is 0 Å². The Labute approximate surface area is 129 Å². The molecule has 0 aliphatic rings. The second kappa shape index (κ2) is 10.1. The first-order chi connectivity index (χ1) is 9.72. The zero-order valence-electron chi connectivity index (χ0n) is 12.1. The van der Waals surface area contributed by atoms with E-state index in [1.54, 1.807) is 6.20 Å². The van der Waals surface area contributed by atoms with E-state index in [1.807, 2.05) is 19.9 Å². The summed E-state index contributed by atoms with van der Waals surface area (Å²) in [6, 6.07) is 1.89. The molecule has 1 N–H and O–H groups in total. The molecule has 0 aromatic carbocycles. The van der Waals surface area contributed by atoms with Crippen LogP contribution in [0.25, 0.3) is 0 Å². The van der Waals surface area contributed by atoms with Crippen LogP contribution in [0.15, 0.2) is 16.7 Å². The number of halogens is 1. The fourth-order valence-electron chi connectivity index (χ4n) is 1.84. The topological polar surface area (TPSA) is 54.8 Å². The van der Waals surface area contributed by atoms with Crippen molar-refractivity contribution in [1.82, 2.24) is 4.98 Å². The van der Waals surface area contributed by atoms with Crippen LogP contribution in [-0.2, 0) is 16.1 Å². The highest BCUT2D eigenvalue weighted by molar-refractivity contribution is 9.10. The highest BCUT2D eigenvalue weighted by atomic mass is 79.9. The summed E-state index contributed by atoms with van der Waals surface area (Å²) in [6.07, 6.45) is 1.74. The summed E-state index contributed by atoms with van der Waals surface area (Å²) in [5, 5.41) is 9.48. The number of hydrogen-bond donors (Lipinski definition) is 1. The van der Waals surface area contributed by atoms with Gasteiger partial charge in [0.1, 0.15) is 5.82 Å². The Balaban J connectivity index is 2.78. The van der Waals surface area contributed by atoms with E-state index in [0.717, 1.165) is 28.9 Å². The molecular formula is C14H23BrN2O3. The number of ether oxygens (including phenoxy) is 2. The van der Waals surface area contributed by atoms with Crippen molar-refractivity contribution in [3.8, 4) is 0 Å². The van der Waals surface area contributed by atoms with Gasteiger partial charge in [-0.25, -0.2) is 4.98 Å². The van der Waals surface area contributed by atoms with Crippen molar-refractivity contribution >= 4 is 21.7 Å². The lowest BCUT2D eigenvalue weighted by Gasteiger charge is -2.25. The number of aromatic nitrogens is 1. The van der Waals surface area contributed by atoms with Crippen molar-refractivity contribution in [1.29, 1.82) is 0 Å². The molecule has 1 aromatic rings. The minimum absolute atomic E-state index is 0.0401. The number of rotatable bonds is 10. The minimum atomic E-state index is -0.0401. The summed E-state index contributed by atoms with van der Waals surface area (Å²) in [5.74, 6) is 0.787. The standard InChI is InChI=1S/C14H23BrN2O3/c1-3-19-7-5-17(6-8-20-4-2)14-12(11-18)9-13(15)10-16-14/h9-10,18H,3-8,11H2,1-2H3. The second-order valence-electron chi connectivity index (χ2n) is 4.18. The summed E-state index contributed by atoms with van der Waals surface area (Å²) in [4.78, 5) is 6.50. The largest absolute Gasteiger partial charge is 0.392 e. The van der Waals surface area contributed by atoms with Crippen LogP contribution in [0, 0.1) is 0 Å². The molecule has 0 fully saturated rings. The fraction of sp³-hybridized carbons (Fsp3) is 0.643. The molecule has 0 aliphatic heterocycles. The molecule has 0 amide bonds. The molecule has 5 nitrogen and oxygen atoms in total. The van der Waals surface area contributed by atoms with Gasteiger partial charge < -0.3 is 19.5 Å². The van der Waals surface area contributed by atoms with Crippen molar-refractivity contribution in [3.05, 3.63) is 22.3 Å². The first-order valence-electron chi connectivity index (χ1n) is 6.88. The molecule has 0 unspecified atom stereocenters. The Morgan fingerprint density at radius 2 is 1.80 bits per heavy atom. The van der Waals surface area contributed by atoms with E-state index in [4.69, 9.17) is 9.47 Å². The van der Waals surface area contributed by atoms with Crippen LogP contribution in [0.3, 0.4) is 0 Å². The number of anilines is 1. The maximum absolute atomic E-state index is 9.48. The summed E-state index contributed by atoms with van der Waals surface area (Å²) < 4.78 is 11.7. The summed E-state index contributed by atoms with van der Waals surface area (Å²) in [6.45, 7) is 8.01. The Morgan fingerprint density at radius 3 is 2.30 bits per heavy atom. The van der Waals surface area contributed by atoms with E-state index in [-0.39, 0.29) is 6.61 Å². The van der Waals surface area contributed by atoms with Crippen molar-refractivity contribution in [2.24, 2.45) is 0 Å². The molecule has 1 aromatic heterocycles. The van der Waals surface area contributed by atoms with Crippen LogP contribution in [-0.4, -0.2) is 49.6 Å². The molecule has 0 atom stereocenters. The van der Waals surface area contributed by atoms with E-state index < -0.39 is 0 Å². The van der Waals surface area contributed by atoms with Crippen molar-refractivity contribution in [2.45, 2.75) is 20.5 Å². The third kappa shape index (κ3) is 5.75. The van der Waals surface area contributed by atoms with Crippen molar-refractivity contribution in [2.75, 3.05) is 44.4 Å². The predicted octanol–water partition coefficient (Wildman–Crippen LogP) is 2.22. The quantitative estimate of drug-likeness (QED) is 0.658. The second-order valence-corrected chi connectivity index (χ2v) is 5.09. The van der Waals surface area contributed by atoms with Gasteiger partial charge in [0, 0.05) is 42.5 Å². The molecule has 0 bridgehead atoms. The van der Waals surface area contributed by atoms with Crippen molar-refractivity contribution < 1.29 is 14.6 Å². The first-order valence-corrected chi connectivity index (χ1v) is 7.67. The molecule has 20 heavy (non-hydrogen) atoms. The molecule has 0 aliphatic carbocycles.